The van der Waals surface area contributed by atoms with Gasteiger partial charge in [0.15, 0.2) is 5.78 Å². The zero-order chi connectivity index (χ0) is 9.84. The molecular weight excluding hydrogens is 184 g/mol. The van der Waals surface area contributed by atoms with E-state index >= 15 is 0 Å². The molecular formula is C10H16O2S. The number of carbonyl (C=O) groups excluding carboxylic acids is 1. The summed E-state index contributed by atoms with van der Waals surface area (Å²) in [4.78, 5) is 11.2. The van der Waals surface area contributed by atoms with Crippen molar-refractivity contribution in [1.29, 1.82) is 0 Å². The lowest BCUT2D eigenvalue weighted by Crippen LogP contribution is -2.21. The molecule has 1 aliphatic rings. The molecule has 1 atom stereocenters. The van der Waals surface area contributed by atoms with Crippen molar-refractivity contribution in [2.24, 2.45) is 0 Å². The molecule has 0 aromatic rings. The van der Waals surface area contributed by atoms with Gasteiger partial charge in [0.2, 0.25) is 0 Å². The van der Waals surface area contributed by atoms with Crippen LogP contribution in [0.25, 0.3) is 0 Å². The molecule has 2 nitrogen and oxygen atoms in total. The summed E-state index contributed by atoms with van der Waals surface area (Å²) in [5, 5.41) is 0.185. The van der Waals surface area contributed by atoms with Gasteiger partial charge in [0.1, 0.15) is 0 Å². The number of carbonyl (C=O) groups is 1. The Bertz CT molecular complexity index is 239. The second kappa shape index (κ2) is 4.70. The Morgan fingerprint density at radius 3 is 2.31 bits per heavy atom. The second-order valence-electron chi connectivity index (χ2n) is 3.54. The predicted octanol–water partition coefficient (Wildman–Crippen LogP) is 2.17. The topological polar surface area (TPSA) is 34.1 Å². The Morgan fingerprint density at radius 1 is 1.31 bits per heavy atom. The van der Waals surface area contributed by atoms with Crippen LogP contribution in [0.15, 0.2) is 11.5 Å². The van der Waals surface area contributed by atoms with E-state index in [-0.39, 0.29) is 11.0 Å². The minimum atomic E-state index is -1.13. The summed E-state index contributed by atoms with van der Waals surface area (Å²) < 4.78 is 11.7. The zero-order valence-corrected chi connectivity index (χ0v) is 8.86. The summed E-state index contributed by atoms with van der Waals surface area (Å²) in [7, 11) is -1.13. The first kappa shape index (κ1) is 10.6. The van der Waals surface area contributed by atoms with Crippen LogP contribution in [0.3, 0.4) is 0 Å². The smallest absolute Gasteiger partial charge is 0.168 e. The van der Waals surface area contributed by atoms with E-state index < -0.39 is 10.8 Å². The van der Waals surface area contributed by atoms with E-state index in [9.17, 15) is 9.00 Å². The van der Waals surface area contributed by atoms with Crippen LogP contribution in [0.4, 0.5) is 0 Å². The number of ketones is 1. The number of rotatable bonds is 3. The fourth-order valence-corrected chi connectivity index (χ4v) is 3.07. The van der Waals surface area contributed by atoms with Crippen LogP contribution in [0.2, 0.25) is 0 Å². The van der Waals surface area contributed by atoms with Crippen molar-refractivity contribution in [3.05, 3.63) is 11.5 Å². The highest BCUT2D eigenvalue weighted by atomic mass is 32.2. The van der Waals surface area contributed by atoms with Gasteiger partial charge in [-0.25, -0.2) is 0 Å². The Labute approximate surface area is 81.9 Å². The van der Waals surface area contributed by atoms with E-state index in [2.05, 4.69) is 6.58 Å². The molecule has 1 rings (SSSR count). The Balaban J connectivity index is 2.55. The van der Waals surface area contributed by atoms with Gasteiger partial charge in [0, 0.05) is 5.25 Å². The maximum Gasteiger partial charge on any atom is 0.168 e. The molecule has 3 heteroatoms. The van der Waals surface area contributed by atoms with Gasteiger partial charge in [-0.05, 0) is 19.8 Å². The molecule has 1 unspecified atom stereocenters. The molecule has 0 aromatic heterocycles. The SMILES string of the molecule is C=C(C(C)=O)S(=O)C1CCCCC1. The molecule has 74 valence electrons. The number of hydrogen-bond acceptors (Lipinski definition) is 2. The summed E-state index contributed by atoms with van der Waals surface area (Å²) in [6.07, 6.45) is 5.49. The summed E-state index contributed by atoms with van der Waals surface area (Å²) in [5.41, 5.74) is 0. The maximum absolute atomic E-state index is 11.7. The third kappa shape index (κ3) is 2.76. The van der Waals surface area contributed by atoms with Crippen LogP contribution < -0.4 is 0 Å². The van der Waals surface area contributed by atoms with Gasteiger partial charge in [-0.15, -0.1) is 0 Å². The lowest BCUT2D eigenvalue weighted by Gasteiger charge is -2.20. The normalized spacial score (nSPS) is 21.0. The molecule has 0 N–H and O–H groups in total. The minimum Gasteiger partial charge on any atom is -0.294 e. The molecule has 0 amide bonds. The first-order valence-corrected chi connectivity index (χ1v) is 5.94. The van der Waals surface area contributed by atoms with E-state index in [0.29, 0.717) is 4.91 Å². The molecule has 0 aromatic carbocycles. The summed E-state index contributed by atoms with van der Waals surface area (Å²) in [6, 6.07) is 0. The second-order valence-corrected chi connectivity index (χ2v) is 5.29. The highest BCUT2D eigenvalue weighted by Crippen LogP contribution is 2.24. The van der Waals surface area contributed by atoms with Crippen molar-refractivity contribution in [3.8, 4) is 0 Å². The van der Waals surface area contributed by atoms with Gasteiger partial charge in [0.05, 0.1) is 15.7 Å². The van der Waals surface area contributed by atoms with E-state index in [1.807, 2.05) is 0 Å². The molecule has 13 heavy (non-hydrogen) atoms. The number of hydrogen-bond donors (Lipinski definition) is 0. The first-order valence-electron chi connectivity index (χ1n) is 4.73. The average Bonchev–Trinajstić information content (AvgIpc) is 2.17. The highest BCUT2D eigenvalue weighted by molar-refractivity contribution is 7.90. The van der Waals surface area contributed by atoms with Crippen LogP contribution in [0.5, 0.6) is 0 Å². The number of allylic oxidation sites excluding steroid dienone is 1. The zero-order valence-electron chi connectivity index (χ0n) is 8.04. The van der Waals surface area contributed by atoms with Gasteiger partial charge >= 0.3 is 0 Å². The van der Waals surface area contributed by atoms with Crippen molar-refractivity contribution in [1.82, 2.24) is 0 Å². The van der Waals surface area contributed by atoms with Gasteiger partial charge < -0.3 is 0 Å². The van der Waals surface area contributed by atoms with Gasteiger partial charge in [-0.3, -0.25) is 9.00 Å². The van der Waals surface area contributed by atoms with Crippen molar-refractivity contribution < 1.29 is 9.00 Å². The largest absolute Gasteiger partial charge is 0.294 e. The van der Waals surface area contributed by atoms with Crippen LogP contribution in [-0.4, -0.2) is 15.2 Å². The van der Waals surface area contributed by atoms with E-state index in [1.54, 1.807) is 0 Å². The van der Waals surface area contributed by atoms with Gasteiger partial charge in [-0.1, -0.05) is 25.8 Å². The molecule has 0 bridgehead atoms. The van der Waals surface area contributed by atoms with E-state index in [4.69, 9.17) is 0 Å². The standard InChI is InChI=1S/C10H16O2S/c1-8(11)9(2)13(12)10-6-4-3-5-7-10/h10H,2-7H2,1H3. The van der Waals surface area contributed by atoms with E-state index in [1.165, 1.54) is 13.3 Å². The Hall–Kier alpha value is -0.440. The molecule has 0 saturated heterocycles. The van der Waals surface area contributed by atoms with Gasteiger partial charge in [-0.2, -0.15) is 0 Å². The molecule has 1 saturated carbocycles. The quantitative estimate of drug-likeness (QED) is 0.654. The van der Waals surface area contributed by atoms with Crippen molar-refractivity contribution in [3.63, 3.8) is 0 Å². The van der Waals surface area contributed by atoms with Crippen molar-refractivity contribution in [2.45, 2.75) is 44.3 Å². The molecule has 0 heterocycles. The first-order chi connectivity index (χ1) is 6.13. The Kier molecular flexibility index (Phi) is 3.85. The fraction of sp³-hybridized carbons (Fsp3) is 0.700. The maximum atomic E-state index is 11.7. The molecule has 1 aliphatic carbocycles. The third-order valence-corrected chi connectivity index (χ3v) is 4.34. The number of Topliss-reactive ketones (excluding diaryl/α,β-unsaturated/α-hetero) is 1. The molecule has 0 aliphatic heterocycles. The van der Waals surface area contributed by atoms with Crippen LogP contribution >= 0.6 is 0 Å². The summed E-state index contributed by atoms with van der Waals surface area (Å²) in [6.45, 7) is 5.01. The van der Waals surface area contributed by atoms with E-state index in [0.717, 1.165) is 25.7 Å². The van der Waals surface area contributed by atoms with Crippen molar-refractivity contribution in [2.75, 3.05) is 0 Å². The average molecular weight is 200 g/mol. The predicted molar refractivity (Wildman–Crippen MR) is 54.8 cm³/mol. The highest BCUT2D eigenvalue weighted by Gasteiger charge is 2.23. The molecule has 1 fully saturated rings. The van der Waals surface area contributed by atoms with Crippen LogP contribution in [-0.2, 0) is 15.6 Å². The summed E-state index contributed by atoms with van der Waals surface area (Å²) >= 11 is 0. The lowest BCUT2D eigenvalue weighted by atomic mass is 10.0. The van der Waals surface area contributed by atoms with Crippen LogP contribution in [0, 0.1) is 0 Å². The van der Waals surface area contributed by atoms with Crippen molar-refractivity contribution >= 4 is 16.6 Å². The fourth-order valence-electron chi connectivity index (χ4n) is 1.62. The van der Waals surface area contributed by atoms with Gasteiger partial charge in [0.25, 0.3) is 0 Å². The Morgan fingerprint density at radius 2 is 1.85 bits per heavy atom. The molecule has 0 radical (unpaired) electrons. The molecule has 0 spiro atoms. The third-order valence-electron chi connectivity index (χ3n) is 2.49. The minimum absolute atomic E-state index is 0.135. The summed E-state index contributed by atoms with van der Waals surface area (Å²) in [5.74, 6) is -0.135. The monoisotopic (exact) mass is 200 g/mol. The van der Waals surface area contributed by atoms with Crippen LogP contribution in [0.1, 0.15) is 39.0 Å². The lowest BCUT2D eigenvalue weighted by molar-refractivity contribution is -0.112.